The summed E-state index contributed by atoms with van der Waals surface area (Å²) < 4.78 is 6.04. The van der Waals surface area contributed by atoms with Gasteiger partial charge in [-0.1, -0.05) is 6.92 Å². The van der Waals surface area contributed by atoms with Crippen LogP contribution in [0.25, 0.3) is 0 Å². The molecule has 0 radical (unpaired) electrons. The minimum Gasteiger partial charge on any atom is -0.375 e. The van der Waals surface area contributed by atoms with Gasteiger partial charge in [0.2, 0.25) is 0 Å². The molecule has 2 saturated heterocycles. The van der Waals surface area contributed by atoms with E-state index in [1.54, 1.807) is 0 Å². The van der Waals surface area contributed by atoms with Crippen LogP contribution in [-0.2, 0) is 17.7 Å². The smallest absolute Gasteiger partial charge is 0.127 e. The Morgan fingerprint density at radius 3 is 2.65 bits per heavy atom. The standard InChI is InChI=1S/C16H25N3O/c1-2-15-17-11-14(12-18-15)13-19-8-3-5-16(7-9-19)6-4-10-20-16/h11-12H,2-10,13H2,1H3. The molecule has 1 aromatic heterocycles. The van der Waals surface area contributed by atoms with E-state index < -0.39 is 0 Å². The van der Waals surface area contributed by atoms with Crippen LogP contribution >= 0.6 is 0 Å². The number of likely N-dealkylation sites (tertiary alicyclic amines) is 1. The summed E-state index contributed by atoms with van der Waals surface area (Å²) in [6.07, 6.45) is 11.0. The molecule has 3 rings (SSSR count). The van der Waals surface area contributed by atoms with Crippen LogP contribution in [0.15, 0.2) is 12.4 Å². The molecule has 2 fully saturated rings. The number of aryl methyl sites for hydroxylation is 1. The Bertz CT molecular complexity index is 426. The summed E-state index contributed by atoms with van der Waals surface area (Å²) in [6, 6.07) is 0. The summed E-state index contributed by atoms with van der Waals surface area (Å²) in [7, 11) is 0. The highest BCUT2D eigenvalue weighted by Gasteiger charge is 2.36. The monoisotopic (exact) mass is 275 g/mol. The lowest BCUT2D eigenvalue weighted by Gasteiger charge is -2.27. The zero-order valence-corrected chi connectivity index (χ0v) is 12.5. The zero-order valence-electron chi connectivity index (χ0n) is 12.5. The molecule has 110 valence electrons. The van der Waals surface area contributed by atoms with E-state index in [0.29, 0.717) is 0 Å². The molecule has 3 heterocycles. The second-order valence-electron chi connectivity index (χ2n) is 6.13. The Balaban J connectivity index is 1.57. The predicted octanol–water partition coefficient (Wildman–Crippen LogP) is 2.57. The number of hydrogen-bond donors (Lipinski definition) is 0. The van der Waals surface area contributed by atoms with Crippen LogP contribution < -0.4 is 0 Å². The SMILES string of the molecule is CCc1ncc(CN2CCCC3(CCCO3)CC2)cn1. The molecule has 4 nitrogen and oxygen atoms in total. The number of rotatable bonds is 3. The Morgan fingerprint density at radius 1 is 1.15 bits per heavy atom. The third-order valence-electron chi connectivity index (χ3n) is 4.66. The second-order valence-corrected chi connectivity index (χ2v) is 6.13. The van der Waals surface area contributed by atoms with Gasteiger partial charge in [-0.25, -0.2) is 9.97 Å². The topological polar surface area (TPSA) is 38.2 Å². The molecule has 0 saturated carbocycles. The second kappa shape index (κ2) is 6.19. The van der Waals surface area contributed by atoms with Crippen molar-refractivity contribution in [2.45, 2.75) is 57.6 Å². The van der Waals surface area contributed by atoms with Gasteiger partial charge in [-0.05, 0) is 38.6 Å². The first-order valence-electron chi connectivity index (χ1n) is 7.96. The molecule has 1 atom stereocenters. The molecule has 1 spiro atoms. The third kappa shape index (κ3) is 3.18. The van der Waals surface area contributed by atoms with Gasteiger partial charge >= 0.3 is 0 Å². The predicted molar refractivity (Wildman–Crippen MR) is 78.5 cm³/mol. The number of ether oxygens (including phenoxy) is 1. The lowest BCUT2D eigenvalue weighted by molar-refractivity contribution is -0.00737. The normalized spacial score (nSPS) is 27.9. The lowest BCUT2D eigenvalue weighted by Crippen LogP contribution is -2.30. The quantitative estimate of drug-likeness (QED) is 0.850. The summed E-state index contributed by atoms with van der Waals surface area (Å²) in [4.78, 5) is 11.3. The Kier molecular flexibility index (Phi) is 4.32. The highest BCUT2D eigenvalue weighted by molar-refractivity contribution is 5.05. The van der Waals surface area contributed by atoms with E-state index in [1.165, 1.54) is 44.2 Å². The number of aromatic nitrogens is 2. The van der Waals surface area contributed by atoms with Gasteiger partial charge < -0.3 is 4.74 Å². The number of nitrogens with zero attached hydrogens (tertiary/aromatic N) is 3. The average molecular weight is 275 g/mol. The molecule has 0 bridgehead atoms. The largest absolute Gasteiger partial charge is 0.375 e. The molecule has 0 aliphatic carbocycles. The van der Waals surface area contributed by atoms with Gasteiger partial charge in [-0.2, -0.15) is 0 Å². The van der Waals surface area contributed by atoms with Gasteiger partial charge in [0.25, 0.3) is 0 Å². The molecule has 0 aromatic carbocycles. The molecule has 4 heteroatoms. The van der Waals surface area contributed by atoms with Crippen molar-refractivity contribution in [2.75, 3.05) is 19.7 Å². The van der Waals surface area contributed by atoms with Gasteiger partial charge in [-0.15, -0.1) is 0 Å². The van der Waals surface area contributed by atoms with Crippen LogP contribution in [-0.4, -0.2) is 40.2 Å². The fourth-order valence-electron chi connectivity index (χ4n) is 3.44. The summed E-state index contributed by atoms with van der Waals surface area (Å²) in [5.41, 5.74) is 1.43. The molecule has 20 heavy (non-hydrogen) atoms. The Labute approximate surface area is 121 Å². The maximum absolute atomic E-state index is 6.04. The van der Waals surface area contributed by atoms with Crippen LogP contribution in [0.3, 0.4) is 0 Å². The van der Waals surface area contributed by atoms with Crippen molar-refractivity contribution >= 4 is 0 Å². The van der Waals surface area contributed by atoms with Crippen LogP contribution in [0.2, 0.25) is 0 Å². The Hall–Kier alpha value is -1.00. The molecule has 0 N–H and O–H groups in total. The average Bonchev–Trinajstić information content (AvgIpc) is 2.85. The maximum Gasteiger partial charge on any atom is 0.127 e. The van der Waals surface area contributed by atoms with Crippen LogP contribution in [0.4, 0.5) is 0 Å². The van der Waals surface area contributed by atoms with E-state index in [0.717, 1.165) is 31.9 Å². The third-order valence-corrected chi connectivity index (χ3v) is 4.66. The summed E-state index contributed by atoms with van der Waals surface area (Å²) in [6.45, 7) is 6.33. The van der Waals surface area contributed by atoms with E-state index >= 15 is 0 Å². The molecule has 2 aliphatic heterocycles. The minimum absolute atomic E-state index is 0.206. The molecule has 1 unspecified atom stereocenters. The first kappa shape index (κ1) is 14.0. The van der Waals surface area contributed by atoms with Crippen molar-refractivity contribution in [3.05, 3.63) is 23.8 Å². The van der Waals surface area contributed by atoms with Gasteiger partial charge in [0.1, 0.15) is 5.82 Å². The minimum atomic E-state index is 0.206. The van der Waals surface area contributed by atoms with E-state index in [-0.39, 0.29) is 5.60 Å². The Morgan fingerprint density at radius 2 is 1.95 bits per heavy atom. The molecule has 1 aromatic rings. The van der Waals surface area contributed by atoms with Crippen molar-refractivity contribution in [3.63, 3.8) is 0 Å². The van der Waals surface area contributed by atoms with Crippen molar-refractivity contribution in [3.8, 4) is 0 Å². The van der Waals surface area contributed by atoms with Crippen LogP contribution in [0, 0.1) is 0 Å². The van der Waals surface area contributed by atoms with Crippen LogP contribution in [0.1, 0.15) is 50.4 Å². The van der Waals surface area contributed by atoms with E-state index in [9.17, 15) is 0 Å². The van der Waals surface area contributed by atoms with Crippen molar-refractivity contribution < 1.29 is 4.74 Å². The maximum atomic E-state index is 6.04. The summed E-state index contributed by atoms with van der Waals surface area (Å²) >= 11 is 0. The van der Waals surface area contributed by atoms with E-state index in [1.807, 2.05) is 12.4 Å². The fraction of sp³-hybridized carbons (Fsp3) is 0.750. The van der Waals surface area contributed by atoms with Crippen molar-refractivity contribution in [1.29, 1.82) is 0 Å². The first-order valence-corrected chi connectivity index (χ1v) is 7.96. The van der Waals surface area contributed by atoms with E-state index in [2.05, 4.69) is 21.8 Å². The fourth-order valence-corrected chi connectivity index (χ4v) is 3.44. The molecular weight excluding hydrogens is 250 g/mol. The van der Waals surface area contributed by atoms with Gasteiger partial charge in [0, 0.05) is 44.1 Å². The van der Waals surface area contributed by atoms with Crippen LogP contribution in [0.5, 0.6) is 0 Å². The van der Waals surface area contributed by atoms with Gasteiger partial charge in [0.15, 0.2) is 0 Å². The first-order chi connectivity index (χ1) is 9.80. The summed E-state index contributed by atoms with van der Waals surface area (Å²) in [5, 5.41) is 0. The molecular formula is C16H25N3O. The van der Waals surface area contributed by atoms with Crippen molar-refractivity contribution in [1.82, 2.24) is 14.9 Å². The highest BCUT2D eigenvalue weighted by atomic mass is 16.5. The zero-order chi connectivity index (χ0) is 13.8. The van der Waals surface area contributed by atoms with Crippen molar-refractivity contribution in [2.24, 2.45) is 0 Å². The molecule has 2 aliphatic rings. The van der Waals surface area contributed by atoms with Gasteiger partial charge in [0.05, 0.1) is 5.60 Å². The lowest BCUT2D eigenvalue weighted by atomic mass is 9.92. The highest BCUT2D eigenvalue weighted by Crippen LogP contribution is 2.35. The van der Waals surface area contributed by atoms with E-state index in [4.69, 9.17) is 4.74 Å². The van der Waals surface area contributed by atoms with Gasteiger partial charge in [-0.3, -0.25) is 4.90 Å². The number of hydrogen-bond acceptors (Lipinski definition) is 4. The molecule has 0 amide bonds. The summed E-state index contributed by atoms with van der Waals surface area (Å²) in [5.74, 6) is 0.933.